The van der Waals surface area contributed by atoms with Crippen LogP contribution in [0.3, 0.4) is 0 Å². The standard InChI is InChI=1S/C16H26N2.ClH/c1-13-6-7-14(2)16(9-13)12-18-8-4-5-15(11-18)10-17-3;/h6-7,9,15,17H,4-5,8,10-12H2,1-3H3;1H. The smallest absolute Gasteiger partial charge is 0.0236 e. The SMILES string of the molecule is CNCC1CCCN(Cc2cc(C)ccc2C)C1.Cl. The number of hydrogen-bond acceptors (Lipinski definition) is 2. The average Bonchev–Trinajstić information content (AvgIpc) is 2.35. The van der Waals surface area contributed by atoms with E-state index >= 15 is 0 Å². The first-order valence-electron chi connectivity index (χ1n) is 7.12. The van der Waals surface area contributed by atoms with Gasteiger partial charge in [0.15, 0.2) is 0 Å². The molecule has 1 aromatic carbocycles. The largest absolute Gasteiger partial charge is 0.319 e. The van der Waals surface area contributed by atoms with Crippen LogP contribution in [0.15, 0.2) is 18.2 Å². The maximum absolute atomic E-state index is 3.32. The molecule has 0 spiro atoms. The van der Waals surface area contributed by atoms with Gasteiger partial charge in [0, 0.05) is 13.1 Å². The summed E-state index contributed by atoms with van der Waals surface area (Å²) in [5, 5.41) is 3.32. The molecule has 2 rings (SSSR count). The number of likely N-dealkylation sites (tertiary alicyclic amines) is 1. The summed E-state index contributed by atoms with van der Waals surface area (Å²) in [6, 6.07) is 6.80. The lowest BCUT2D eigenvalue weighted by Crippen LogP contribution is -2.38. The molecule has 3 heteroatoms. The van der Waals surface area contributed by atoms with Crippen LogP contribution in [0, 0.1) is 19.8 Å². The molecule has 1 heterocycles. The van der Waals surface area contributed by atoms with Crippen molar-refractivity contribution in [2.24, 2.45) is 5.92 Å². The van der Waals surface area contributed by atoms with E-state index in [1.807, 2.05) is 0 Å². The first-order chi connectivity index (χ1) is 8.69. The van der Waals surface area contributed by atoms with Crippen LogP contribution >= 0.6 is 12.4 Å². The second-order valence-corrected chi connectivity index (χ2v) is 5.73. The molecule has 0 amide bonds. The summed E-state index contributed by atoms with van der Waals surface area (Å²) >= 11 is 0. The Balaban J connectivity index is 0.00000180. The molecule has 0 saturated carbocycles. The molecule has 1 N–H and O–H groups in total. The maximum Gasteiger partial charge on any atom is 0.0236 e. The fourth-order valence-electron chi connectivity index (χ4n) is 2.96. The Labute approximate surface area is 124 Å². The van der Waals surface area contributed by atoms with Crippen LogP contribution in [0.1, 0.15) is 29.5 Å². The van der Waals surface area contributed by atoms with Gasteiger partial charge in [-0.15, -0.1) is 12.4 Å². The molecule has 1 aliphatic rings. The fraction of sp³-hybridized carbons (Fsp3) is 0.625. The van der Waals surface area contributed by atoms with E-state index in [1.165, 1.54) is 42.6 Å². The van der Waals surface area contributed by atoms with Gasteiger partial charge in [-0.05, 0) is 63.9 Å². The van der Waals surface area contributed by atoms with Crippen molar-refractivity contribution in [2.75, 3.05) is 26.7 Å². The van der Waals surface area contributed by atoms with Crippen molar-refractivity contribution in [3.05, 3.63) is 34.9 Å². The highest BCUT2D eigenvalue weighted by Crippen LogP contribution is 2.20. The summed E-state index contributed by atoms with van der Waals surface area (Å²) in [6.45, 7) is 9.19. The second-order valence-electron chi connectivity index (χ2n) is 5.73. The van der Waals surface area contributed by atoms with Crippen molar-refractivity contribution >= 4 is 12.4 Å². The molecule has 1 aliphatic heterocycles. The number of hydrogen-bond donors (Lipinski definition) is 1. The van der Waals surface area contributed by atoms with Crippen molar-refractivity contribution < 1.29 is 0 Å². The molecule has 1 saturated heterocycles. The predicted molar refractivity (Wildman–Crippen MR) is 85.1 cm³/mol. The highest BCUT2D eigenvalue weighted by Gasteiger charge is 2.19. The zero-order chi connectivity index (χ0) is 13.0. The average molecular weight is 283 g/mol. The molecule has 19 heavy (non-hydrogen) atoms. The Kier molecular flexibility index (Phi) is 6.84. The van der Waals surface area contributed by atoms with Gasteiger partial charge < -0.3 is 5.32 Å². The number of piperidine rings is 1. The van der Waals surface area contributed by atoms with E-state index in [0.29, 0.717) is 0 Å². The number of aryl methyl sites for hydroxylation is 2. The number of rotatable bonds is 4. The molecular weight excluding hydrogens is 256 g/mol. The van der Waals surface area contributed by atoms with Gasteiger partial charge in [-0.3, -0.25) is 4.90 Å². The highest BCUT2D eigenvalue weighted by molar-refractivity contribution is 5.85. The van der Waals surface area contributed by atoms with Gasteiger partial charge in [-0.1, -0.05) is 23.8 Å². The van der Waals surface area contributed by atoms with Crippen molar-refractivity contribution in [3.63, 3.8) is 0 Å². The van der Waals surface area contributed by atoms with E-state index in [0.717, 1.165) is 19.0 Å². The van der Waals surface area contributed by atoms with Crippen LogP contribution in [-0.2, 0) is 6.54 Å². The van der Waals surface area contributed by atoms with Gasteiger partial charge >= 0.3 is 0 Å². The van der Waals surface area contributed by atoms with E-state index in [9.17, 15) is 0 Å². The van der Waals surface area contributed by atoms with Crippen molar-refractivity contribution in [3.8, 4) is 0 Å². The van der Waals surface area contributed by atoms with E-state index < -0.39 is 0 Å². The number of benzene rings is 1. The van der Waals surface area contributed by atoms with Gasteiger partial charge in [0.1, 0.15) is 0 Å². The Bertz CT molecular complexity index is 390. The first kappa shape index (κ1) is 16.5. The van der Waals surface area contributed by atoms with Crippen molar-refractivity contribution in [1.82, 2.24) is 10.2 Å². The summed E-state index contributed by atoms with van der Waals surface area (Å²) in [5.74, 6) is 0.828. The monoisotopic (exact) mass is 282 g/mol. The molecule has 108 valence electrons. The molecule has 1 aromatic rings. The minimum Gasteiger partial charge on any atom is -0.319 e. The molecule has 1 fully saturated rings. The third-order valence-electron chi connectivity index (χ3n) is 3.99. The summed E-state index contributed by atoms with van der Waals surface area (Å²) in [6.07, 6.45) is 2.72. The third-order valence-corrected chi connectivity index (χ3v) is 3.99. The third kappa shape index (κ3) is 4.79. The summed E-state index contributed by atoms with van der Waals surface area (Å²) < 4.78 is 0. The van der Waals surface area contributed by atoms with Gasteiger partial charge in [0.05, 0.1) is 0 Å². The van der Waals surface area contributed by atoms with E-state index in [2.05, 4.69) is 49.3 Å². The van der Waals surface area contributed by atoms with Gasteiger partial charge in [-0.25, -0.2) is 0 Å². The van der Waals surface area contributed by atoms with Crippen molar-refractivity contribution in [1.29, 1.82) is 0 Å². The predicted octanol–water partition coefficient (Wildman–Crippen LogP) is 3.16. The second kappa shape index (κ2) is 7.88. The molecule has 0 radical (unpaired) electrons. The van der Waals surface area contributed by atoms with Crippen LogP contribution < -0.4 is 5.32 Å². The molecular formula is C16H27ClN2. The van der Waals surface area contributed by atoms with Crippen LogP contribution in [0.5, 0.6) is 0 Å². The lowest BCUT2D eigenvalue weighted by Gasteiger charge is -2.33. The topological polar surface area (TPSA) is 15.3 Å². The zero-order valence-electron chi connectivity index (χ0n) is 12.4. The van der Waals surface area contributed by atoms with Gasteiger partial charge in [0.25, 0.3) is 0 Å². The lowest BCUT2D eigenvalue weighted by atomic mass is 9.97. The summed E-state index contributed by atoms with van der Waals surface area (Å²) in [5.41, 5.74) is 4.30. The van der Waals surface area contributed by atoms with Gasteiger partial charge in [-0.2, -0.15) is 0 Å². The molecule has 1 atom stereocenters. The van der Waals surface area contributed by atoms with Crippen LogP contribution in [-0.4, -0.2) is 31.6 Å². The Hall–Kier alpha value is -0.570. The van der Waals surface area contributed by atoms with Gasteiger partial charge in [0.2, 0.25) is 0 Å². The summed E-state index contributed by atoms with van der Waals surface area (Å²) in [7, 11) is 2.06. The minimum absolute atomic E-state index is 0. The normalized spacial score (nSPS) is 20.1. The van der Waals surface area contributed by atoms with E-state index in [-0.39, 0.29) is 12.4 Å². The Morgan fingerprint density at radius 3 is 2.84 bits per heavy atom. The molecule has 1 unspecified atom stereocenters. The van der Waals surface area contributed by atoms with Crippen LogP contribution in [0.25, 0.3) is 0 Å². The number of nitrogens with one attached hydrogen (secondary N) is 1. The lowest BCUT2D eigenvalue weighted by molar-refractivity contribution is 0.166. The zero-order valence-corrected chi connectivity index (χ0v) is 13.2. The quantitative estimate of drug-likeness (QED) is 0.913. The highest BCUT2D eigenvalue weighted by atomic mass is 35.5. The van der Waals surface area contributed by atoms with Crippen LogP contribution in [0.2, 0.25) is 0 Å². The molecule has 0 bridgehead atoms. The Morgan fingerprint density at radius 1 is 1.32 bits per heavy atom. The molecule has 0 aromatic heterocycles. The summed E-state index contributed by atoms with van der Waals surface area (Å²) in [4.78, 5) is 2.62. The number of halogens is 1. The van der Waals surface area contributed by atoms with E-state index in [1.54, 1.807) is 0 Å². The number of nitrogens with zero attached hydrogens (tertiary/aromatic N) is 1. The first-order valence-corrected chi connectivity index (χ1v) is 7.12. The molecule has 2 nitrogen and oxygen atoms in total. The minimum atomic E-state index is 0. The van der Waals surface area contributed by atoms with Crippen LogP contribution in [0.4, 0.5) is 0 Å². The fourth-order valence-corrected chi connectivity index (χ4v) is 2.96. The molecule has 0 aliphatic carbocycles. The van der Waals surface area contributed by atoms with E-state index in [4.69, 9.17) is 0 Å². The Morgan fingerprint density at radius 2 is 2.11 bits per heavy atom. The van der Waals surface area contributed by atoms with Crippen molar-refractivity contribution in [2.45, 2.75) is 33.2 Å². The maximum atomic E-state index is 3.32.